The van der Waals surface area contributed by atoms with Gasteiger partial charge in [0.25, 0.3) is 5.91 Å². The van der Waals surface area contributed by atoms with Crippen LogP contribution in [0.4, 0.5) is 5.88 Å². The third-order valence-electron chi connectivity index (χ3n) is 1.70. The summed E-state index contributed by atoms with van der Waals surface area (Å²) in [5, 5.41) is 10.5. The van der Waals surface area contributed by atoms with Gasteiger partial charge in [0, 0.05) is 6.08 Å². The van der Waals surface area contributed by atoms with E-state index in [-0.39, 0.29) is 21.7 Å². The van der Waals surface area contributed by atoms with E-state index in [2.05, 4.69) is 4.99 Å². The van der Waals surface area contributed by atoms with Crippen molar-refractivity contribution in [2.75, 3.05) is 0 Å². The van der Waals surface area contributed by atoms with Crippen molar-refractivity contribution in [1.29, 1.82) is 0 Å². The van der Waals surface area contributed by atoms with Crippen LogP contribution >= 0.6 is 11.8 Å². The molecule has 0 fully saturated rings. The average Bonchev–Trinajstić information content (AvgIpc) is 2.75. The van der Waals surface area contributed by atoms with Gasteiger partial charge in [-0.3, -0.25) is 14.9 Å². The molecule has 0 saturated carbocycles. The Morgan fingerprint density at radius 2 is 2.31 bits per heavy atom. The van der Waals surface area contributed by atoms with Crippen molar-refractivity contribution in [3.8, 4) is 0 Å². The van der Waals surface area contributed by atoms with Gasteiger partial charge in [-0.1, -0.05) is 0 Å². The topological polar surface area (TPSA) is 112 Å². The van der Waals surface area contributed by atoms with Gasteiger partial charge < -0.3 is 10.2 Å². The molecule has 7 nitrogen and oxygen atoms in total. The normalized spacial score (nSPS) is 17.9. The molecule has 8 heteroatoms. The summed E-state index contributed by atoms with van der Waals surface area (Å²) in [7, 11) is 0. The van der Waals surface area contributed by atoms with Crippen molar-refractivity contribution in [2.45, 2.75) is 0 Å². The second-order valence-corrected chi connectivity index (χ2v) is 3.86. The molecule has 1 aliphatic heterocycles. The summed E-state index contributed by atoms with van der Waals surface area (Å²) in [6.07, 6.45) is 1.36. The van der Waals surface area contributed by atoms with Gasteiger partial charge in [-0.15, -0.1) is 0 Å². The SMILES string of the molecule is NC1=NC(=O)C(=Cc2ccc([N+](=O)[O-])o2)S1. The van der Waals surface area contributed by atoms with Gasteiger partial charge in [-0.25, -0.2) is 0 Å². The minimum Gasteiger partial charge on any atom is -0.401 e. The fraction of sp³-hybridized carbons (Fsp3) is 0. The Labute approximate surface area is 93.2 Å². The quantitative estimate of drug-likeness (QED) is 0.470. The third-order valence-corrected chi connectivity index (χ3v) is 2.52. The summed E-state index contributed by atoms with van der Waals surface area (Å²) >= 11 is 0.996. The van der Waals surface area contributed by atoms with Gasteiger partial charge in [-0.2, -0.15) is 4.99 Å². The highest BCUT2D eigenvalue weighted by molar-refractivity contribution is 8.18. The Kier molecular flexibility index (Phi) is 2.49. The second kappa shape index (κ2) is 3.81. The highest BCUT2D eigenvalue weighted by atomic mass is 32.2. The van der Waals surface area contributed by atoms with Gasteiger partial charge >= 0.3 is 5.88 Å². The predicted molar refractivity (Wildman–Crippen MR) is 57.6 cm³/mol. The molecule has 1 amide bonds. The van der Waals surface area contributed by atoms with Crippen molar-refractivity contribution < 1.29 is 14.1 Å². The van der Waals surface area contributed by atoms with E-state index in [0.717, 1.165) is 11.8 Å². The lowest BCUT2D eigenvalue weighted by atomic mass is 10.4. The summed E-state index contributed by atoms with van der Waals surface area (Å²) in [6.45, 7) is 0. The molecule has 2 N–H and O–H groups in total. The number of nitro groups is 1. The van der Waals surface area contributed by atoms with Crippen LogP contribution in [-0.4, -0.2) is 16.0 Å². The monoisotopic (exact) mass is 239 g/mol. The van der Waals surface area contributed by atoms with E-state index in [0.29, 0.717) is 0 Å². The number of hydrogen-bond acceptors (Lipinski definition) is 6. The molecule has 0 spiro atoms. The van der Waals surface area contributed by atoms with E-state index >= 15 is 0 Å². The van der Waals surface area contributed by atoms with E-state index in [4.69, 9.17) is 10.2 Å². The summed E-state index contributed by atoms with van der Waals surface area (Å²) in [4.78, 5) is 24.6. The van der Waals surface area contributed by atoms with Crippen molar-refractivity contribution in [2.24, 2.45) is 10.7 Å². The molecule has 1 aliphatic rings. The van der Waals surface area contributed by atoms with Crippen LogP contribution in [0.25, 0.3) is 6.08 Å². The Morgan fingerprint density at radius 1 is 1.56 bits per heavy atom. The maximum Gasteiger partial charge on any atom is 0.433 e. The third kappa shape index (κ3) is 1.96. The standard InChI is InChI=1S/C8H5N3O4S/c9-8-10-7(12)5(16-8)3-4-1-2-6(15-4)11(13)14/h1-3H,(H2,9,10,12). The molecule has 0 bridgehead atoms. The second-order valence-electron chi connectivity index (χ2n) is 2.80. The van der Waals surface area contributed by atoms with Gasteiger partial charge in [0.2, 0.25) is 0 Å². The number of amidine groups is 1. The van der Waals surface area contributed by atoms with Crippen LogP contribution in [0, 0.1) is 10.1 Å². The molecule has 16 heavy (non-hydrogen) atoms. The largest absolute Gasteiger partial charge is 0.433 e. The van der Waals surface area contributed by atoms with Gasteiger partial charge in [0.15, 0.2) is 5.17 Å². The lowest BCUT2D eigenvalue weighted by Crippen LogP contribution is -2.01. The maximum absolute atomic E-state index is 11.2. The highest BCUT2D eigenvalue weighted by Crippen LogP contribution is 2.27. The zero-order valence-corrected chi connectivity index (χ0v) is 8.56. The lowest BCUT2D eigenvalue weighted by Gasteiger charge is -1.89. The zero-order valence-electron chi connectivity index (χ0n) is 7.75. The number of amides is 1. The summed E-state index contributed by atoms with van der Waals surface area (Å²) < 4.78 is 4.86. The molecule has 82 valence electrons. The molecule has 0 aromatic carbocycles. The van der Waals surface area contributed by atoms with E-state index in [9.17, 15) is 14.9 Å². The van der Waals surface area contributed by atoms with Crippen LogP contribution in [0.5, 0.6) is 0 Å². The lowest BCUT2D eigenvalue weighted by molar-refractivity contribution is -0.402. The average molecular weight is 239 g/mol. The summed E-state index contributed by atoms with van der Waals surface area (Å²) in [6, 6.07) is 2.61. The molecule has 0 atom stereocenters. The Hall–Kier alpha value is -2.09. The van der Waals surface area contributed by atoms with E-state index < -0.39 is 10.8 Å². The van der Waals surface area contributed by atoms with Crippen LogP contribution in [0.2, 0.25) is 0 Å². The minimum atomic E-state index is -0.656. The zero-order chi connectivity index (χ0) is 11.7. The van der Waals surface area contributed by atoms with E-state index in [1.807, 2.05) is 0 Å². The smallest absolute Gasteiger partial charge is 0.401 e. The molecular formula is C8H5N3O4S. The van der Waals surface area contributed by atoms with Gasteiger partial charge in [-0.05, 0) is 17.8 Å². The Morgan fingerprint density at radius 3 is 2.81 bits per heavy atom. The first-order valence-electron chi connectivity index (χ1n) is 4.08. The summed E-state index contributed by atoms with van der Waals surface area (Å²) in [5.74, 6) is -0.634. The van der Waals surface area contributed by atoms with Crippen molar-refractivity contribution in [1.82, 2.24) is 0 Å². The molecule has 0 radical (unpaired) electrons. The fourth-order valence-electron chi connectivity index (χ4n) is 1.07. The van der Waals surface area contributed by atoms with Gasteiger partial charge in [0.05, 0.1) is 11.0 Å². The number of aliphatic imine (C=N–C) groups is 1. The number of rotatable bonds is 2. The predicted octanol–water partition coefficient (Wildman–Crippen LogP) is 1.12. The van der Waals surface area contributed by atoms with Crippen LogP contribution in [0.1, 0.15) is 5.76 Å². The first-order chi connectivity index (χ1) is 7.56. The molecule has 2 rings (SSSR count). The molecule has 1 aromatic rings. The Balaban J connectivity index is 2.24. The summed E-state index contributed by atoms with van der Waals surface area (Å²) in [5.41, 5.74) is 5.34. The first kappa shape index (κ1) is 10.4. The van der Waals surface area contributed by atoms with E-state index in [1.165, 1.54) is 18.2 Å². The highest BCUT2D eigenvalue weighted by Gasteiger charge is 2.20. The molecule has 0 aliphatic carbocycles. The van der Waals surface area contributed by atoms with Crippen molar-refractivity contribution in [3.05, 3.63) is 32.9 Å². The molecule has 2 heterocycles. The van der Waals surface area contributed by atoms with Crippen LogP contribution < -0.4 is 5.73 Å². The molecule has 0 unspecified atom stereocenters. The molecular weight excluding hydrogens is 234 g/mol. The van der Waals surface area contributed by atoms with Crippen LogP contribution in [0.3, 0.4) is 0 Å². The molecule has 0 saturated heterocycles. The number of thioether (sulfide) groups is 1. The first-order valence-corrected chi connectivity index (χ1v) is 4.90. The fourth-order valence-corrected chi connectivity index (χ4v) is 1.73. The maximum atomic E-state index is 11.2. The number of furan rings is 1. The number of carbonyl (C=O) groups is 1. The number of nitrogens with zero attached hydrogens (tertiary/aromatic N) is 2. The van der Waals surface area contributed by atoms with Crippen molar-refractivity contribution >= 4 is 34.8 Å². The van der Waals surface area contributed by atoms with Gasteiger partial charge in [0.1, 0.15) is 10.7 Å². The van der Waals surface area contributed by atoms with Crippen LogP contribution in [-0.2, 0) is 4.79 Å². The molecule has 1 aromatic heterocycles. The number of hydrogen-bond donors (Lipinski definition) is 1. The van der Waals surface area contributed by atoms with E-state index in [1.54, 1.807) is 0 Å². The number of nitrogens with two attached hydrogens (primary N) is 1. The minimum absolute atomic E-state index is 0.150. The number of carbonyl (C=O) groups excluding carboxylic acids is 1. The Bertz CT molecular complexity index is 531. The van der Waals surface area contributed by atoms with Crippen LogP contribution in [0.15, 0.2) is 26.4 Å². The van der Waals surface area contributed by atoms with Crippen molar-refractivity contribution in [3.63, 3.8) is 0 Å².